The number of carbonyl (C=O) groups is 2. The summed E-state index contributed by atoms with van der Waals surface area (Å²) in [5.74, 6) is -0.513. The zero-order chi connectivity index (χ0) is 24.5. The van der Waals surface area contributed by atoms with E-state index in [9.17, 15) is 9.59 Å². The molecule has 174 valence electrons. The fraction of sp³-hybridized carbons (Fsp3) is 0.269. The number of nitrogens with one attached hydrogen (secondary N) is 1. The zero-order valence-electron chi connectivity index (χ0n) is 19.6. The Morgan fingerprint density at radius 1 is 1.12 bits per heavy atom. The van der Waals surface area contributed by atoms with Crippen LogP contribution >= 0.6 is 11.8 Å². The van der Waals surface area contributed by atoms with Crippen molar-refractivity contribution in [3.05, 3.63) is 70.8 Å². The van der Waals surface area contributed by atoms with Gasteiger partial charge in [-0.05, 0) is 71.5 Å². The van der Waals surface area contributed by atoms with E-state index < -0.39 is 11.9 Å². The van der Waals surface area contributed by atoms with Crippen LogP contribution in [-0.2, 0) is 10.2 Å². The number of fused-ring (bicyclic) bond motifs is 1. The molecule has 8 heteroatoms. The van der Waals surface area contributed by atoms with Gasteiger partial charge in [0.2, 0.25) is 5.17 Å². The van der Waals surface area contributed by atoms with E-state index in [-0.39, 0.29) is 16.8 Å². The van der Waals surface area contributed by atoms with Gasteiger partial charge < -0.3 is 4.74 Å². The Hall–Kier alpha value is -3.52. The summed E-state index contributed by atoms with van der Waals surface area (Å²) in [4.78, 5) is 29.1. The molecule has 2 aliphatic heterocycles. The molecule has 4 rings (SSSR count). The molecule has 2 aromatic carbocycles. The van der Waals surface area contributed by atoms with Gasteiger partial charge in [0.05, 0.1) is 11.1 Å². The van der Waals surface area contributed by atoms with Crippen molar-refractivity contribution in [1.29, 1.82) is 5.41 Å². The highest BCUT2D eigenvalue weighted by Gasteiger charge is 2.35. The highest BCUT2D eigenvalue weighted by Crippen LogP contribution is 2.30. The summed E-state index contributed by atoms with van der Waals surface area (Å²) in [5, 5.41) is 15.5. The fourth-order valence-corrected chi connectivity index (χ4v) is 4.40. The van der Waals surface area contributed by atoms with Crippen LogP contribution in [0.25, 0.3) is 6.08 Å². The molecule has 0 bridgehead atoms. The van der Waals surface area contributed by atoms with Gasteiger partial charge in [-0.25, -0.2) is 4.79 Å². The Morgan fingerprint density at radius 3 is 2.41 bits per heavy atom. The quantitative estimate of drug-likeness (QED) is 0.345. The maximum absolute atomic E-state index is 12.5. The van der Waals surface area contributed by atoms with Crippen molar-refractivity contribution in [2.75, 3.05) is 0 Å². The molecule has 0 radical (unpaired) electrons. The van der Waals surface area contributed by atoms with E-state index in [1.165, 1.54) is 16.8 Å². The average molecular weight is 475 g/mol. The number of amidine groups is 2. The third kappa shape index (κ3) is 5.02. The number of hydrogen-bond acceptors (Lipinski definition) is 6. The molecule has 7 nitrogen and oxygen atoms in total. The minimum Gasteiger partial charge on any atom is -0.423 e. The Morgan fingerprint density at radius 2 is 1.79 bits per heavy atom. The summed E-state index contributed by atoms with van der Waals surface area (Å²) in [6, 6.07) is 14.2. The Kier molecular flexibility index (Phi) is 6.52. The van der Waals surface area contributed by atoms with Crippen LogP contribution < -0.4 is 4.74 Å². The van der Waals surface area contributed by atoms with E-state index in [1.807, 2.05) is 19.1 Å². The molecular weight excluding hydrogens is 448 g/mol. The molecule has 34 heavy (non-hydrogen) atoms. The summed E-state index contributed by atoms with van der Waals surface area (Å²) in [7, 11) is 0. The smallest absolute Gasteiger partial charge is 0.343 e. The lowest BCUT2D eigenvalue weighted by molar-refractivity contribution is -0.114. The fourth-order valence-electron chi connectivity index (χ4n) is 3.42. The molecule has 0 saturated heterocycles. The third-order valence-electron chi connectivity index (χ3n) is 5.35. The van der Waals surface area contributed by atoms with Crippen LogP contribution in [0.1, 0.15) is 62.0 Å². The first-order valence-corrected chi connectivity index (χ1v) is 11.9. The number of hydrogen-bond donors (Lipinski definition) is 1. The molecule has 0 aliphatic carbocycles. The van der Waals surface area contributed by atoms with E-state index in [1.54, 1.807) is 42.5 Å². The minimum atomic E-state index is -0.467. The van der Waals surface area contributed by atoms with Crippen LogP contribution in [0.4, 0.5) is 0 Å². The molecule has 0 aromatic heterocycles. The zero-order valence-corrected chi connectivity index (χ0v) is 20.4. The highest BCUT2D eigenvalue weighted by atomic mass is 32.2. The van der Waals surface area contributed by atoms with Gasteiger partial charge in [0.1, 0.15) is 10.8 Å². The molecule has 0 spiro atoms. The lowest BCUT2D eigenvalue weighted by Crippen LogP contribution is -2.35. The number of benzene rings is 2. The second-order valence-corrected chi connectivity index (χ2v) is 10.1. The highest BCUT2D eigenvalue weighted by molar-refractivity contribution is 8.26. The number of hydrazone groups is 1. The van der Waals surface area contributed by atoms with Gasteiger partial charge in [0.25, 0.3) is 5.91 Å². The van der Waals surface area contributed by atoms with Crippen molar-refractivity contribution in [3.8, 4) is 5.75 Å². The molecular formula is C26H26N4O3S. The first kappa shape index (κ1) is 23.6. The van der Waals surface area contributed by atoms with Crippen molar-refractivity contribution in [1.82, 2.24) is 5.01 Å². The van der Waals surface area contributed by atoms with Gasteiger partial charge in [-0.15, -0.1) is 0 Å². The predicted molar refractivity (Wildman–Crippen MR) is 136 cm³/mol. The summed E-state index contributed by atoms with van der Waals surface area (Å²) < 4.78 is 5.49. The number of amides is 1. The van der Waals surface area contributed by atoms with Gasteiger partial charge in [0, 0.05) is 0 Å². The van der Waals surface area contributed by atoms with Crippen LogP contribution in [-0.4, -0.2) is 32.9 Å². The lowest BCUT2D eigenvalue weighted by Gasteiger charge is -2.20. The van der Waals surface area contributed by atoms with Crippen molar-refractivity contribution in [3.63, 3.8) is 0 Å². The van der Waals surface area contributed by atoms with Gasteiger partial charge in [0.15, 0.2) is 5.84 Å². The van der Waals surface area contributed by atoms with E-state index in [4.69, 9.17) is 10.1 Å². The van der Waals surface area contributed by atoms with Crippen LogP contribution in [0, 0.1) is 5.41 Å². The van der Waals surface area contributed by atoms with Crippen molar-refractivity contribution in [2.45, 2.75) is 46.0 Å². The molecule has 0 saturated carbocycles. The van der Waals surface area contributed by atoms with Crippen LogP contribution in [0.15, 0.2) is 64.2 Å². The number of aliphatic imine (C=N–C) groups is 1. The number of nitrogens with zero attached hydrogens (tertiary/aromatic N) is 3. The summed E-state index contributed by atoms with van der Waals surface area (Å²) >= 11 is 1.33. The average Bonchev–Trinajstić information content (AvgIpc) is 3.20. The Labute approximate surface area is 203 Å². The second-order valence-electron chi connectivity index (χ2n) is 9.05. The monoisotopic (exact) mass is 474 g/mol. The standard InChI is InChI=1S/C26H26N4O3S/c1-5-6-21-29-30-22(27)20(23(31)28-25(30)34-21)15-16-7-13-19(14-8-16)33-24(32)17-9-11-18(12-10-17)26(2,3)4/h7-15,27H,5-6H2,1-4H3/b20-15-,27-22?. The summed E-state index contributed by atoms with van der Waals surface area (Å²) in [5.41, 5.74) is 2.47. The molecule has 1 amide bonds. The van der Waals surface area contributed by atoms with Crippen molar-refractivity contribution < 1.29 is 14.3 Å². The van der Waals surface area contributed by atoms with E-state index in [2.05, 4.69) is 30.9 Å². The van der Waals surface area contributed by atoms with Crippen molar-refractivity contribution in [2.24, 2.45) is 10.1 Å². The normalized spacial score (nSPS) is 16.9. The van der Waals surface area contributed by atoms with Crippen LogP contribution in [0.2, 0.25) is 0 Å². The van der Waals surface area contributed by atoms with E-state index in [0.29, 0.717) is 22.0 Å². The molecule has 1 N–H and O–H groups in total. The molecule has 0 unspecified atom stereocenters. The number of thioether (sulfide) groups is 1. The second kappa shape index (κ2) is 9.38. The van der Waals surface area contributed by atoms with Gasteiger partial charge >= 0.3 is 5.97 Å². The maximum atomic E-state index is 12.5. The minimum absolute atomic E-state index is 0.00260. The number of carbonyl (C=O) groups excluding carboxylic acids is 2. The third-order valence-corrected chi connectivity index (χ3v) is 6.32. The molecule has 2 aliphatic rings. The topological polar surface area (TPSA) is 95.2 Å². The number of ether oxygens (including phenoxy) is 1. The summed E-state index contributed by atoms with van der Waals surface area (Å²) in [6.07, 6.45) is 3.30. The maximum Gasteiger partial charge on any atom is 0.343 e. The molecule has 2 aromatic rings. The largest absolute Gasteiger partial charge is 0.423 e. The molecule has 0 fully saturated rings. The lowest BCUT2D eigenvalue weighted by atomic mass is 9.87. The van der Waals surface area contributed by atoms with Crippen LogP contribution in [0.3, 0.4) is 0 Å². The van der Waals surface area contributed by atoms with Gasteiger partial charge in [-0.3, -0.25) is 10.2 Å². The van der Waals surface area contributed by atoms with Crippen molar-refractivity contribution >= 4 is 45.8 Å². The Bertz CT molecular complexity index is 1240. The van der Waals surface area contributed by atoms with Gasteiger partial charge in [-0.1, -0.05) is 52.0 Å². The first-order chi connectivity index (χ1) is 16.2. The van der Waals surface area contributed by atoms with E-state index >= 15 is 0 Å². The predicted octanol–water partition coefficient (Wildman–Crippen LogP) is 5.62. The van der Waals surface area contributed by atoms with Gasteiger partial charge in [-0.2, -0.15) is 15.1 Å². The number of esters is 1. The van der Waals surface area contributed by atoms with E-state index in [0.717, 1.165) is 23.4 Å². The SMILES string of the molecule is CCCC1=NN2C(=N)/C(=C/c3ccc(OC(=O)c4ccc(C(C)(C)C)cc4)cc3)C(=O)N=C2S1. The molecule has 0 atom stereocenters. The number of rotatable bonds is 5. The Balaban J connectivity index is 1.46. The summed E-state index contributed by atoms with van der Waals surface area (Å²) in [6.45, 7) is 8.40. The van der Waals surface area contributed by atoms with Crippen LogP contribution in [0.5, 0.6) is 5.75 Å². The first-order valence-electron chi connectivity index (χ1n) is 11.1. The molecule has 2 heterocycles.